The lowest BCUT2D eigenvalue weighted by Crippen LogP contribution is -2.00. The molecule has 0 radical (unpaired) electrons. The van der Waals surface area contributed by atoms with Crippen molar-refractivity contribution < 1.29 is 0 Å². The van der Waals surface area contributed by atoms with Crippen LogP contribution in [-0.4, -0.2) is 16.3 Å². The number of aromatic nitrogens is 2. The predicted molar refractivity (Wildman–Crippen MR) is 49.0 cm³/mol. The van der Waals surface area contributed by atoms with E-state index in [1.807, 2.05) is 24.1 Å². The molecule has 0 atom stereocenters. The molecule has 1 aliphatic rings. The van der Waals surface area contributed by atoms with Gasteiger partial charge < -0.3 is 5.32 Å². The highest BCUT2D eigenvalue weighted by atomic mass is 15.3. The van der Waals surface area contributed by atoms with Crippen LogP contribution < -0.4 is 5.32 Å². The van der Waals surface area contributed by atoms with Gasteiger partial charge >= 0.3 is 0 Å². The van der Waals surface area contributed by atoms with E-state index < -0.39 is 0 Å². The Labute approximate surface area is 72.8 Å². The molecule has 1 aliphatic carbocycles. The fourth-order valence-electron chi connectivity index (χ4n) is 1.34. The lowest BCUT2D eigenvalue weighted by atomic mass is 10.3. The average Bonchev–Trinajstić information content (AvgIpc) is 2.76. The molecule has 3 heteroatoms. The number of anilines is 1. The Bertz CT molecular complexity index is 250. The van der Waals surface area contributed by atoms with E-state index in [1.54, 1.807) is 0 Å². The number of hydrogen-bond donors (Lipinski definition) is 1. The van der Waals surface area contributed by atoms with Crippen molar-refractivity contribution in [1.82, 2.24) is 9.78 Å². The van der Waals surface area contributed by atoms with Crippen molar-refractivity contribution in [3.8, 4) is 0 Å². The minimum Gasteiger partial charge on any atom is -0.383 e. The van der Waals surface area contributed by atoms with Crippen LogP contribution >= 0.6 is 0 Å². The van der Waals surface area contributed by atoms with E-state index >= 15 is 0 Å². The molecule has 0 unspecified atom stereocenters. The maximum absolute atomic E-state index is 4.08. The first-order chi connectivity index (χ1) is 5.84. The zero-order valence-electron chi connectivity index (χ0n) is 7.45. The van der Waals surface area contributed by atoms with Gasteiger partial charge in [-0.2, -0.15) is 5.10 Å². The number of nitrogens with one attached hydrogen (secondary N) is 1. The van der Waals surface area contributed by atoms with Crippen molar-refractivity contribution in [3.05, 3.63) is 12.4 Å². The molecule has 1 aromatic heterocycles. The topological polar surface area (TPSA) is 29.9 Å². The van der Waals surface area contributed by atoms with Crippen LogP contribution in [0.4, 0.5) is 5.69 Å². The van der Waals surface area contributed by atoms with E-state index in [9.17, 15) is 0 Å². The smallest absolute Gasteiger partial charge is 0.0726 e. The van der Waals surface area contributed by atoms with Gasteiger partial charge in [0.1, 0.15) is 0 Å². The van der Waals surface area contributed by atoms with Gasteiger partial charge in [0, 0.05) is 19.8 Å². The van der Waals surface area contributed by atoms with E-state index in [4.69, 9.17) is 0 Å². The van der Waals surface area contributed by atoms with Crippen molar-refractivity contribution in [2.45, 2.75) is 19.3 Å². The van der Waals surface area contributed by atoms with Crippen LogP contribution in [0.25, 0.3) is 0 Å². The first kappa shape index (κ1) is 7.65. The number of aryl methyl sites for hydroxylation is 1. The van der Waals surface area contributed by atoms with Gasteiger partial charge in [-0.1, -0.05) is 12.8 Å². The molecule has 66 valence electrons. The molecule has 0 amide bonds. The number of rotatable bonds is 4. The Morgan fingerprint density at radius 2 is 2.50 bits per heavy atom. The Morgan fingerprint density at radius 1 is 1.67 bits per heavy atom. The minimum absolute atomic E-state index is 1.01. The molecule has 1 saturated carbocycles. The van der Waals surface area contributed by atoms with E-state index in [0.717, 1.165) is 18.2 Å². The van der Waals surface area contributed by atoms with E-state index in [2.05, 4.69) is 10.4 Å². The first-order valence-corrected chi connectivity index (χ1v) is 4.57. The maximum atomic E-state index is 4.08. The largest absolute Gasteiger partial charge is 0.383 e. The standard InChI is InChI=1S/C9H15N3/c1-12-7-9(6-11-12)10-5-4-8-2-3-8/h6-8,10H,2-5H2,1H3. The quantitative estimate of drug-likeness (QED) is 0.735. The van der Waals surface area contributed by atoms with Crippen LogP contribution in [0.5, 0.6) is 0 Å². The van der Waals surface area contributed by atoms with Gasteiger partial charge in [0.2, 0.25) is 0 Å². The second-order valence-electron chi connectivity index (χ2n) is 3.56. The van der Waals surface area contributed by atoms with Gasteiger partial charge in [-0.25, -0.2) is 0 Å². The Hall–Kier alpha value is -0.990. The summed E-state index contributed by atoms with van der Waals surface area (Å²) in [7, 11) is 1.94. The molecule has 0 aliphatic heterocycles. The molecule has 0 saturated heterocycles. The van der Waals surface area contributed by atoms with Crippen LogP contribution in [0, 0.1) is 5.92 Å². The molecule has 2 rings (SSSR count). The molecule has 0 bridgehead atoms. The van der Waals surface area contributed by atoms with Crippen molar-refractivity contribution in [2.24, 2.45) is 13.0 Å². The summed E-state index contributed by atoms with van der Waals surface area (Å²) in [6.45, 7) is 1.09. The summed E-state index contributed by atoms with van der Waals surface area (Å²) in [4.78, 5) is 0. The van der Waals surface area contributed by atoms with Crippen molar-refractivity contribution in [3.63, 3.8) is 0 Å². The van der Waals surface area contributed by atoms with Gasteiger partial charge in [0.25, 0.3) is 0 Å². The Morgan fingerprint density at radius 3 is 3.08 bits per heavy atom. The Balaban J connectivity index is 1.71. The van der Waals surface area contributed by atoms with Gasteiger partial charge in [-0.3, -0.25) is 4.68 Å². The monoisotopic (exact) mass is 165 g/mol. The molecular weight excluding hydrogens is 150 g/mol. The van der Waals surface area contributed by atoms with Gasteiger partial charge in [0.05, 0.1) is 11.9 Å². The van der Waals surface area contributed by atoms with Crippen molar-refractivity contribution >= 4 is 5.69 Å². The van der Waals surface area contributed by atoms with Crippen LogP contribution in [0.15, 0.2) is 12.4 Å². The molecule has 0 spiro atoms. The summed E-state index contributed by atoms with van der Waals surface area (Å²) in [6, 6.07) is 0. The average molecular weight is 165 g/mol. The highest BCUT2D eigenvalue weighted by Crippen LogP contribution is 2.31. The fraction of sp³-hybridized carbons (Fsp3) is 0.667. The summed E-state index contributed by atoms with van der Waals surface area (Å²) >= 11 is 0. The predicted octanol–water partition coefficient (Wildman–Crippen LogP) is 1.63. The van der Waals surface area contributed by atoms with Gasteiger partial charge in [0.15, 0.2) is 0 Å². The second kappa shape index (κ2) is 3.17. The van der Waals surface area contributed by atoms with Gasteiger partial charge in [-0.05, 0) is 12.3 Å². The molecule has 12 heavy (non-hydrogen) atoms. The first-order valence-electron chi connectivity index (χ1n) is 4.57. The number of hydrogen-bond acceptors (Lipinski definition) is 2. The number of nitrogens with zero attached hydrogens (tertiary/aromatic N) is 2. The highest BCUT2D eigenvalue weighted by molar-refractivity contribution is 5.37. The van der Waals surface area contributed by atoms with E-state index in [1.165, 1.54) is 19.3 Å². The molecule has 1 fully saturated rings. The molecule has 1 N–H and O–H groups in total. The molecule has 0 aromatic carbocycles. The van der Waals surface area contributed by atoms with Crippen molar-refractivity contribution in [2.75, 3.05) is 11.9 Å². The lowest BCUT2D eigenvalue weighted by Gasteiger charge is -2.00. The van der Waals surface area contributed by atoms with Crippen LogP contribution in [0.2, 0.25) is 0 Å². The zero-order valence-corrected chi connectivity index (χ0v) is 7.45. The fourth-order valence-corrected chi connectivity index (χ4v) is 1.34. The zero-order chi connectivity index (χ0) is 8.39. The van der Waals surface area contributed by atoms with E-state index in [-0.39, 0.29) is 0 Å². The second-order valence-corrected chi connectivity index (χ2v) is 3.56. The summed E-state index contributed by atoms with van der Waals surface area (Å²) in [5, 5.41) is 7.44. The highest BCUT2D eigenvalue weighted by Gasteiger charge is 2.20. The molecule has 1 heterocycles. The molecule has 1 aromatic rings. The van der Waals surface area contributed by atoms with Crippen LogP contribution in [0.1, 0.15) is 19.3 Å². The van der Waals surface area contributed by atoms with Crippen molar-refractivity contribution in [1.29, 1.82) is 0 Å². The molecule has 3 nitrogen and oxygen atoms in total. The maximum Gasteiger partial charge on any atom is 0.0726 e. The minimum atomic E-state index is 1.01. The van der Waals surface area contributed by atoms with Gasteiger partial charge in [-0.15, -0.1) is 0 Å². The summed E-state index contributed by atoms with van der Waals surface area (Å²) in [5.74, 6) is 1.01. The third-order valence-electron chi connectivity index (χ3n) is 2.28. The normalized spacial score (nSPS) is 16.4. The lowest BCUT2D eigenvalue weighted by molar-refractivity contribution is 0.758. The molecular formula is C9H15N3. The van der Waals surface area contributed by atoms with E-state index in [0.29, 0.717) is 0 Å². The van der Waals surface area contributed by atoms with Crippen LogP contribution in [0.3, 0.4) is 0 Å². The Kier molecular flexibility index (Phi) is 2.02. The summed E-state index contributed by atoms with van der Waals surface area (Å²) in [5.41, 5.74) is 1.14. The SMILES string of the molecule is Cn1cc(NCCC2CC2)cn1. The van der Waals surface area contributed by atoms with Crippen LogP contribution in [-0.2, 0) is 7.05 Å². The summed E-state index contributed by atoms with van der Waals surface area (Å²) in [6.07, 6.45) is 8.07. The third kappa shape index (κ3) is 2.00. The summed E-state index contributed by atoms with van der Waals surface area (Å²) < 4.78 is 1.82. The third-order valence-corrected chi connectivity index (χ3v) is 2.28.